The third-order valence-electron chi connectivity index (χ3n) is 17.6. The summed E-state index contributed by atoms with van der Waals surface area (Å²) in [7, 11) is -5.96. The molecule has 0 fully saturated rings. The summed E-state index contributed by atoms with van der Waals surface area (Å²) in [4.78, 5) is 0. The maximum atomic E-state index is 2.62. The molecule has 0 bridgehead atoms. The summed E-state index contributed by atoms with van der Waals surface area (Å²) < 4.78 is 7.48. The third-order valence-corrected chi connectivity index (χ3v) is 28.3. The molecule has 0 aliphatic rings. The van der Waals surface area contributed by atoms with Crippen LogP contribution in [0.5, 0.6) is 0 Å². The van der Waals surface area contributed by atoms with Crippen molar-refractivity contribution < 1.29 is 0 Å². The Bertz CT molecular complexity index is 4900. The number of hydrogen-bond donors (Lipinski definition) is 0. The van der Waals surface area contributed by atoms with Gasteiger partial charge in [-0.05, 0) is 119 Å². The molecule has 0 amide bonds. The molecule has 0 aliphatic heterocycles. The molecular weight excluding hydrogens is 1050 g/mol. The molecule has 16 rings (SSSR count). The minimum atomic E-state index is -3.08. The summed E-state index contributed by atoms with van der Waals surface area (Å²) in [6, 6.07) is 124. The van der Waals surface area contributed by atoms with Crippen LogP contribution >= 0.6 is 11.3 Å². The van der Waals surface area contributed by atoms with Crippen LogP contribution in [0.1, 0.15) is 0 Å². The minimum absolute atomic E-state index is 1.16. The van der Waals surface area contributed by atoms with Gasteiger partial charge in [-0.15, -0.1) is 11.3 Å². The topological polar surface area (TPSA) is 9.86 Å². The number of hydrogen-bond acceptors (Lipinski definition) is 1. The number of fused-ring (bicyclic) bond motifs is 9. The van der Waals surface area contributed by atoms with Crippen molar-refractivity contribution in [3.8, 4) is 22.5 Å². The molecule has 0 saturated heterocycles. The van der Waals surface area contributed by atoms with E-state index in [1.165, 1.54) is 122 Å². The van der Waals surface area contributed by atoms with Crippen molar-refractivity contribution in [2.45, 2.75) is 0 Å². The average molecular weight is 1110 g/mol. The van der Waals surface area contributed by atoms with Gasteiger partial charge in [0.15, 0.2) is 16.1 Å². The molecule has 83 heavy (non-hydrogen) atoms. The summed E-state index contributed by atoms with van der Waals surface area (Å²) in [5.74, 6) is 0. The lowest BCUT2D eigenvalue weighted by Gasteiger charge is -2.38. The van der Waals surface area contributed by atoms with Gasteiger partial charge in [0.25, 0.3) is 0 Å². The number of nitrogens with zero attached hydrogens (tertiary/aromatic N) is 2. The van der Waals surface area contributed by atoms with E-state index < -0.39 is 16.1 Å². The lowest BCUT2D eigenvalue weighted by atomic mass is 10.0. The molecule has 390 valence electrons. The molecule has 0 radical (unpaired) electrons. The van der Waals surface area contributed by atoms with Crippen LogP contribution in [-0.4, -0.2) is 25.3 Å². The zero-order valence-corrected chi connectivity index (χ0v) is 48.3. The molecule has 3 heterocycles. The highest BCUT2D eigenvalue weighted by Gasteiger charge is 2.45. The first kappa shape index (κ1) is 49.0. The van der Waals surface area contributed by atoms with Gasteiger partial charge in [-0.1, -0.05) is 261 Å². The van der Waals surface area contributed by atoms with Crippen LogP contribution in [-0.2, 0) is 0 Å². The van der Waals surface area contributed by atoms with Crippen molar-refractivity contribution in [2.75, 3.05) is 0 Å². The fraction of sp³-hybridized carbons (Fsp3) is 0. The van der Waals surface area contributed by atoms with Gasteiger partial charge in [0, 0.05) is 53.1 Å². The predicted molar refractivity (Wildman–Crippen MR) is 361 cm³/mol. The number of para-hydroxylation sites is 3. The van der Waals surface area contributed by atoms with Gasteiger partial charge in [0.2, 0.25) is 0 Å². The summed E-state index contributed by atoms with van der Waals surface area (Å²) in [5.41, 5.74) is 9.55. The van der Waals surface area contributed by atoms with Crippen molar-refractivity contribution in [2.24, 2.45) is 0 Å². The van der Waals surface area contributed by atoms with Crippen LogP contribution in [0.3, 0.4) is 0 Å². The molecule has 0 atom stereocenters. The zero-order chi connectivity index (χ0) is 54.9. The molecule has 13 aromatic carbocycles. The Hall–Kier alpha value is -9.89. The first-order chi connectivity index (χ1) is 41.2. The summed E-state index contributed by atoms with van der Waals surface area (Å²) in [6.07, 6.45) is 0. The Kier molecular flexibility index (Phi) is 11.8. The highest BCUT2D eigenvalue weighted by Crippen LogP contribution is 2.41. The van der Waals surface area contributed by atoms with Gasteiger partial charge in [0.05, 0.1) is 22.1 Å². The van der Waals surface area contributed by atoms with Gasteiger partial charge in [-0.25, -0.2) is 0 Å². The van der Waals surface area contributed by atoms with Crippen molar-refractivity contribution >= 4 is 133 Å². The summed E-state index contributed by atoms with van der Waals surface area (Å²) in [5, 5.41) is 18.4. The van der Waals surface area contributed by atoms with E-state index in [0.717, 1.165) is 5.69 Å². The molecule has 0 aliphatic carbocycles. The lowest BCUT2D eigenvalue weighted by molar-refractivity contribution is 1.18. The Labute approximate surface area is 488 Å². The largest absolute Gasteiger partial charge is 0.309 e. The van der Waals surface area contributed by atoms with Crippen LogP contribution in [0, 0.1) is 0 Å². The SMILES string of the molecule is c1ccc([Si](c2ccccc2)(c2ccccc2)c2cccc([Si](c3ccccc3)(c3ccccc3)c3cccc(-c4ccc5c(c4)c4ccccc4n5-c4ccc5sc6ccc(-n7c8ccccc8c8ccccc87)cc6c5c4)c3)c2)cc1. The number of thiophene rings is 1. The van der Waals surface area contributed by atoms with Crippen LogP contribution in [0.4, 0.5) is 0 Å². The maximum Gasteiger partial charge on any atom is 0.179 e. The van der Waals surface area contributed by atoms with Gasteiger partial charge in [-0.3, -0.25) is 0 Å². The number of benzene rings is 13. The van der Waals surface area contributed by atoms with Crippen LogP contribution in [0.25, 0.3) is 86.3 Å². The highest BCUT2D eigenvalue weighted by molar-refractivity contribution is 7.26. The second-order valence-electron chi connectivity index (χ2n) is 21.9. The third kappa shape index (κ3) is 7.73. The summed E-state index contributed by atoms with van der Waals surface area (Å²) in [6.45, 7) is 0. The standard InChI is InChI=1S/C78H54N2SSi2/c1-6-25-59(26-7-1)82(60-27-8-2-9-28-60,61-29-10-3-11-30-61)65-36-23-37-66(54-65)83(62-31-12-4-13-32-62,63-33-14-5-15-34-63)64-35-22-24-55(50-64)56-44-47-76-70(51-56)69-40-18-21-43-75(69)80(76)58-46-49-78-72(53-58)71-52-57(45-48-77(71)81-78)79-73-41-19-16-38-67(73)68-39-17-20-42-74(68)79/h1-54H. The zero-order valence-electron chi connectivity index (χ0n) is 45.5. The van der Waals surface area contributed by atoms with E-state index in [2.05, 4.69) is 337 Å². The van der Waals surface area contributed by atoms with Crippen molar-refractivity contribution in [3.63, 3.8) is 0 Å². The van der Waals surface area contributed by atoms with Crippen LogP contribution in [0.15, 0.2) is 328 Å². The van der Waals surface area contributed by atoms with Gasteiger partial charge in [-0.2, -0.15) is 0 Å². The van der Waals surface area contributed by atoms with Crippen molar-refractivity contribution in [1.29, 1.82) is 0 Å². The molecule has 2 nitrogen and oxygen atoms in total. The smallest absolute Gasteiger partial charge is 0.179 e. The second-order valence-corrected chi connectivity index (χ2v) is 30.6. The van der Waals surface area contributed by atoms with E-state index in [9.17, 15) is 0 Å². The van der Waals surface area contributed by atoms with Gasteiger partial charge >= 0.3 is 0 Å². The number of aromatic nitrogens is 2. The lowest BCUT2D eigenvalue weighted by Crippen LogP contribution is -2.77. The molecule has 0 saturated carbocycles. The van der Waals surface area contributed by atoms with Gasteiger partial charge < -0.3 is 9.13 Å². The first-order valence-electron chi connectivity index (χ1n) is 28.6. The molecule has 5 heteroatoms. The molecule has 16 aromatic rings. The predicted octanol–water partition coefficient (Wildman–Crippen LogP) is 14.7. The number of rotatable bonds is 11. The Balaban J connectivity index is 0.862. The molecule has 0 N–H and O–H groups in total. The Morgan fingerprint density at radius 3 is 0.964 bits per heavy atom. The molecule has 0 spiro atoms. The quantitative estimate of drug-likeness (QED) is 0.0902. The normalized spacial score (nSPS) is 12.1. The monoisotopic (exact) mass is 1110 g/mol. The highest BCUT2D eigenvalue weighted by atomic mass is 32.1. The van der Waals surface area contributed by atoms with E-state index >= 15 is 0 Å². The second kappa shape index (κ2) is 20.0. The summed E-state index contributed by atoms with van der Waals surface area (Å²) >= 11 is 1.87. The van der Waals surface area contributed by atoms with E-state index in [1.54, 1.807) is 0 Å². The average Bonchev–Trinajstić information content (AvgIpc) is 4.44. The molecular formula is C78H54N2SSi2. The Morgan fingerprint density at radius 2 is 0.530 bits per heavy atom. The minimum Gasteiger partial charge on any atom is -0.309 e. The van der Waals surface area contributed by atoms with E-state index in [0.29, 0.717) is 0 Å². The fourth-order valence-corrected chi connectivity index (χ4v) is 24.8. The molecule has 3 aromatic heterocycles. The van der Waals surface area contributed by atoms with E-state index in [-0.39, 0.29) is 0 Å². The van der Waals surface area contributed by atoms with Crippen LogP contribution in [0.2, 0.25) is 0 Å². The van der Waals surface area contributed by atoms with E-state index in [4.69, 9.17) is 0 Å². The Morgan fingerprint density at radius 1 is 0.205 bits per heavy atom. The maximum absolute atomic E-state index is 3.08. The first-order valence-corrected chi connectivity index (χ1v) is 33.5. The van der Waals surface area contributed by atoms with Crippen LogP contribution < -0.4 is 41.5 Å². The van der Waals surface area contributed by atoms with Crippen molar-refractivity contribution in [3.05, 3.63) is 328 Å². The van der Waals surface area contributed by atoms with Gasteiger partial charge in [0.1, 0.15) is 0 Å². The molecule has 0 unspecified atom stereocenters. The van der Waals surface area contributed by atoms with E-state index in [1.807, 2.05) is 11.3 Å². The fourth-order valence-electron chi connectivity index (χ4n) is 14.0. The van der Waals surface area contributed by atoms with Crippen molar-refractivity contribution in [1.82, 2.24) is 9.13 Å².